The number of anilines is 1. The maximum absolute atomic E-state index is 12.6. The van der Waals surface area contributed by atoms with Gasteiger partial charge in [-0.1, -0.05) is 29.3 Å². The number of aryl methyl sites for hydroxylation is 2. The molecule has 8 heteroatoms. The second-order valence-electron chi connectivity index (χ2n) is 6.46. The van der Waals surface area contributed by atoms with Crippen LogP contribution in [0.4, 0.5) is 5.82 Å². The van der Waals surface area contributed by atoms with E-state index in [1.54, 1.807) is 43.3 Å². The SMILES string of the molecule is Cc1cccc(C(=O)Nc2cc(C)nn2-c2nc3cc(Cl)ccc3c(=O)[nH]2)c1. The quantitative estimate of drug-likeness (QED) is 0.555. The molecule has 0 saturated carbocycles. The Hall–Kier alpha value is -3.45. The number of carbonyl (C=O) groups excluding carboxylic acids is 1. The van der Waals surface area contributed by atoms with Crippen molar-refractivity contribution in [2.45, 2.75) is 13.8 Å². The Kier molecular flexibility index (Phi) is 4.44. The van der Waals surface area contributed by atoms with Gasteiger partial charge in [0, 0.05) is 16.7 Å². The van der Waals surface area contributed by atoms with Crippen LogP contribution in [-0.4, -0.2) is 25.7 Å². The lowest BCUT2D eigenvalue weighted by Gasteiger charge is -2.09. The second-order valence-corrected chi connectivity index (χ2v) is 6.89. The molecule has 0 bridgehead atoms. The Bertz CT molecular complexity index is 1280. The van der Waals surface area contributed by atoms with E-state index in [1.807, 2.05) is 19.1 Å². The molecule has 140 valence electrons. The summed E-state index contributed by atoms with van der Waals surface area (Å²) in [5.74, 6) is 0.303. The zero-order valence-electron chi connectivity index (χ0n) is 15.2. The molecule has 2 aromatic heterocycles. The van der Waals surface area contributed by atoms with Crippen LogP contribution in [-0.2, 0) is 0 Å². The first kappa shape index (κ1) is 17.9. The van der Waals surface area contributed by atoms with Crippen molar-refractivity contribution in [1.29, 1.82) is 0 Å². The second kappa shape index (κ2) is 6.94. The number of amides is 1. The molecule has 0 unspecified atom stereocenters. The van der Waals surface area contributed by atoms with Crippen LogP contribution in [0.15, 0.2) is 53.3 Å². The predicted octanol–water partition coefficient (Wildman–Crippen LogP) is 3.63. The largest absolute Gasteiger partial charge is 0.306 e. The molecule has 0 atom stereocenters. The van der Waals surface area contributed by atoms with Gasteiger partial charge < -0.3 is 5.32 Å². The molecule has 2 aromatic carbocycles. The highest BCUT2D eigenvalue weighted by atomic mass is 35.5. The highest BCUT2D eigenvalue weighted by Crippen LogP contribution is 2.19. The number of carbonyl (C=O) groups is 1. The van der Waals surface area contributed by atoms with Crippen LogP contribution in [0.2, 0.25) is 5.02 Å². The molecule has 2 heterocycles. The lowest BCUT2D eigenvalue weighted by molar-refractivity contribution is 0.102. The van der Waals surface area contributed by atoms with E-state index in [9.17, 15) is 9.59 Å². The third kappa shape index (κ3) is 3.39. The number of hydrogen-bond donors (Lipinski definition) is 2. The highest BCUT2D eigenvalue weighted by molar-refractivity contribution is 6.31. The van der Waals surface area contributed by atoms with Gasteiger partial charge in [-0.3, -0.25) is 14.6 Å². The minimum absolute atomic E-state index is 0.187. The first-order valence-electron chi connectivity index (χ1n) is 8.55. The molecule has 0 aliphatic heterocycles. The molecule has 0 fully saturated rings. The van der Waals surface area contributed by atoms with Crippen LogP contribution in [0.3, 0.4) is 0 Å². The third-order valence-electron chi connectivity index (χ3n) is 4.21. The van der Waals surface area contributed by atoms with Gasteiger partial charge in [0.05, 0.1) is 16.6 Å². The number of benzene rings is 2. The summed E-state index contributed by atoms with van der Waals surface area (Å²) in [7, 11) is 0. The van der Waals surface area contributed by atoms with Gasteiger partial charge in [-0.2, -0.15) is 9.78 Å². The number of fused-ring (bicyclic) bond motifs is 1. The number of aromatic nitrogens is 4. The molecule has 0 radical (unpaired) electrons. The van der Waals surface area contributed by atoms with Crippen molar-refractivity contribution in [3.63, 3.8) is 0 Å². The van der Waals surface area contributed by atoms with Crippen molar-refractivity contribution < 1.29 is 4.79 Å². The molecular weight excluding hydrogens is 378 g/mol. The molecule has 2 N–H and O–H groups in total. The van der Waals surface area contributed by atoms with E-state index in [-0.39, 0.29) is 17.4 Å². The van der Waals surface area contributed by atoms with E-state index in [0.717, 1.165) is 5.56 Å². The summed E-state index contributed by atoms with van der Waals surface area (Å²) in [5, 5.41) is 8.07. The molecule has 0 aliphatic rings. The van der Waals surface area contributed by atoms with Crippen molar-refractivity contribution in [3.8, 4) is 5.95 Å². The average molecular weight is 394 g/mol. The van der Waals surface area contributed by atoms with Crippen LogP contribution in [0.25, 0.3) is 16.9 Å². The number of nitrogens with zero attached hydrogens (tertiary/aromatic N) is 3. The Morgan fingerprint density at radius 1 is 1.14 bits per heavy atom. The molecule has 1 amide bonds. The minimum atomic E-state index is -0.319. The van der Waals surface area contributed by atoms with Crippen LogP contribution >= 0.6 is 11.6 Å². The number of halogens is 1. The van der Waals surface area contributed by atoms with E-state index >= 15 is 0 Å². The van der Waals surface area contributed by atoms with Crippen molar-refractivity contribution in [3.05, 3.63) is 80.7 Å². The standard InChI is InChI=1S/C20H16ClN5O2/c1-11-4-3-5-13(8-11)18(27)23-17-9-12(2)25-26(17)20-22-16-10-14(21)6-7-15(16)19(28)24-20/h3-10H,1-2H3,(H,23,27)(H,22,24,28). The summed E-state index contributed by atoms with van der Waals surface area (Å²) in [6.07, 6.45) is 0. The monoisotopic (exact) mass is 393 g/mol. The van der Waals surface area contributed by atoms with Gasteiger partial charge in [-0.05, 0) is 44.2 Å². The third-order valence-corrected chi connectivity index (χ3v) is 4.45. The smallest absolute Gasteiger partial charge is 0.260 e. The summed E-state index contributed by atoms with van der Waals surface area (Å²) in [4.78, 5) is 32.2. The summed E-state index contributed by atoms with van der Waals surface area (Å²) in [6, 6.07) is 13.8. The summed E-state index contributed by atoms with van der Waals surface area (Å²) < 4.78 is 1.39. The van der Waals surface area contributed by atoms with E-state index in [0.29, 0.717) is 33.0 Å². The maximum Gasteiger partial charge on any atom is 0.260 e. The molecular formula is C20H16ClN5O2. The molecule has 0 saturated heterocycles. The normalized spacial score (nSPS) is 11.0. The fraction of sp³-hybridized carbons (Fsp3) is 0.100. The number of aromatic amines is 1. The summed E-state index contributed by atoms with van der Waals surface area (Å²) >= 11 is 6.02. The number of rotatable bonds is 3. The van der Waals surface area contributed by atoms with E-state index in [2.05, 4.69) is 20.4 Å². The number of nitrogens with one attached hydrogen (secondary N) is 2. The first-order chi connectivity index (χ1) is 13.4. The topological polar surface area (TPSA) is 92.7 Å². The van der Waals surface area contributed by atoms with Gasteiger partial charge in [0.2, 0.25) is 5.95 Å². The maximum atomic E-state index is 12.6. The van der Waals surface area contributed by atoms with Gasteiger partial charge in [-0.25, -0.2) is 4.98 Å². The van der Waals surface area contributed by atoms with Gasteiger partial charge in [0.25, 0.3) is 11.5 Å². The van der Waals surface area contributed by atoms with Gasteiger partial charge in [0.15, 0.2) is 0 Å². The van der Waals surface area contributed by atoms with Crippen LogP contribution in [0, 0.1) is 13.8 Å². The van der Waals surface area contributed by atoms with Gasteiger partial charge in [0.1, 0.15) is 5.82 Å². The molecule has 4 rings (SSSR count). The lowest BCUT2D eigenvalue weighted by atomic mass is 10.1. The van der Waals surface area contributed by atoms with E-state index in [1.165, 1.54) is 4.68 Å². The molecule has 28 heavy (non-hydrogen) atoms. The zero-order valence-corrected chi connectivity index (χ0v) is 15.9. The zero-order chi connectivity index (χ0) is 19.8. The Morgan fingerprint density at radius 3 is 2.75 bits per heavy atom. The Morgan fingerprint density at radius 2 is 1.96 bits per heavy atom. The molecule has 4 aromatic rings. The number of hydrogen-bond acceptors (Lipinski definition) is 4. The van der Waals surface area contributed by atoms with Crippen LogP contribution < -0.4 is 10.9 Å². The minimum Gasteiger partial charge on any atom is -0.306 e. The van der Waals surface area contributed by atoms with Crippen molar-refractivity contribution in [1.82, 2.24) is 19.7 Å². The number of H-pyrrole nitrogens is 1. The first-order valence-corrected chi connectivity index (χ1v) is 8.93. The molecule has 0 aliphatic carbocycles. The Balaban J connectivity index is 1.77. The summed E-state index contributed by atoms with van der Waals surface area (Å²) in [6.45, 7) is 3.70. The van der Waals surface area contributed by atoms with E-state index in [4.69, 9.17) is 11.6 Å². The van der Waals surface area contributed by atoms with Crippen LogP contribution in [0.5, 0.6) is 0 Å². The fourth-order valence-corrected chi connectivity index (χ4v) is 3.09. The van der Waals surface area contributed by atoms with Gasteiger partial charge >= 0.3 is 0 Å². The molecule has 0 spiro atoms. The van der Waals surface area contributed by atoms with Gasteiger partial charge in [-0.15, -0.1) is 0 Å². The van der Waals surface area contributed by atoms with Crippen LogP contribution in [0.1, 0.15) is 21.6 Å². The Labute approximate surface area is 165 Å². The fourth-order valence-electron chi connectivity index (χ4n) is 2.93. The van der Waals surface area contributed by atoms with Crippen molar-refractivity contribution in [2.75, 3.05) is 5.32 Å². The molecule has 7 nitrogen and oxygen atoms in total. The predicted molar refractivity (Wildman–Crippen MR) is 108 cm³/mol. The highest BCUT2D eigenvalue weighted by Gasteiger charge is 2.15. The average Bonchev–Trinajstić information content (AvgIpc) is 3.01. The van der Waals surface area contributed by atoms with Crippen molar-refractivity contribution in [2.24, 2.45) is 0 Å². The van der Waals surface area contributed by atoms with Crippen molar-refractivity contribution >= 4 is 34.2 Å². The lowest BCUT2D eigenvalue weighted by Crippen LogP contribution is -2.19. The summed E-state index contributed by atoms with van der Waals surface area (Å²) in [5.41, 5.74) is 2.29. The van der Waals surface area contributed by atoms with E-state index < -0.39 is 0 Å².